The van der Waals surface area contributed by atoms with Gasteiger partial charge in [0.15, 0.2) is 0 Å². The average molecular weight is 224 g/mol. The Morgan fingerprint density at radius 1 is 1.29 bits per heavy atom. The first-order chi connectivity index (χ1) is 8.42. The Hall–Kier alpha value is -2.10. The molecule has 17 heavy (non-hydrogen) atoms. The maximum Gasteiger partial charge on any atom is 0.137 e. The summed E-state index contributed by atoms with van der Waals surface area (Å²) < 4.78 is 0. The van der Waals surface area contributed by atoms with Gasteiger partial charge in [-0.3, -0.25) is 5.10 Å². The molecule has 1 saturated carbocycles. The molecule has 0 aromatic carbocycles. The molecular weight excluding hydrogens is 212 g/mol. The second-order valence-corrected chi connectivity index (χ2v) is 4.60. The standard InChI is InChI=1S/C13H12N4/c1-2-9-6-11(16-13(9)14-5-1)10-7-15-17-12(10)8-3-4-8/h1-2,5-8H,3-4H2,(H,14,16)(H,15,17). The first-order valence-electron chi connectivity index (χ1n) is 5.89. The summed E-state index contributed by atoms with van der Waals surface area (Å²) in [6, 6.07) is 6.16. The smallest absolute Gasteiger partial charge is 0.137 e. The number of aromatic nitrogens is 4. The lowest BCUT2D eigenvalue weighted by molar-refractivity contribution is 0.966. The van der Waals surface area contributed by atoms with Crippen molar-refractivity contribution in [3.63, 3.8) is 0 Å². The van der Waals surface area contributed by atoms with Crippen molar-refractivity contribution < 1.29 is 0 Å². The highest BCUT2D eigenvalue weighted by atomic mass is 15.1. The highest BCUT2D eigenvalue weighted by Crippen LogP contribution is 2.43. The maximum atomic E-state index is 4.32. The predicted molar refractivity (Wildman–Crippen MR) is 65.7 cm³/mol. The van der Waals surface area contributed by atoms with Crippen molar-refractivity contribution in [3.8, 4) is 11.3 Å². The number of H-pyrrole nitrogens is 2. The van der Waals surface area contributed by atoms with Crippen molar-refractivity contribution in [2.45, 2.75) is 18.8 Å². The largest absolute Gasteiger partial charge is 0.339 e. The Morgan fingerprint density at radius 3 is 3.06 bits per heavy atom. The molecule has 0 aliphatic heterocycles. The van der Waals surface area contributed by atoms with E-state index in [0.717, 1.165) is 16.7 Å². The van der Waals surface area contributed by atoms with Crippen molar-refractivity contribution in [3.05, 3.63) is 36.3 Å². The molecule has 0 saturated heterocycles. The van der Waals surface area contributed by atoms with Gasteiger partial charge >= 0.3 is 0 Å². The fourth-order valence-electron chi connectivity index (χ4n) is 2.30. The van der Waals surface area contributed by atoms with E-state index in [0.29, 0.717) is 5.92 Å². The Bertz CT molecular complexity index is 642. The summed E-state index contributed by atoms with van der Waals surface area (Å²) in [6.07, 6.45) is 6.25. The van der Waals surface area contributed by atoms with Gasteiger partial charge in [0.2, 0.25) is 0 Å². The highest BCUT2D eigenvalue weighted by Gasteiger charge is 2.28. The van der Waals surface area contributed by atoms with E-state index < -0.39 is 0 Å². The van der Waals surface area contributed by atoms with Gasteiger partial charge in [-0.1, -0.05) is 0 Å². The fraction of sp³-hybridized carbons (Fsp3) is 0.231. The van der Waals surface area contributed by atoms with E-state index in [1.165, 1.54) is 24.1 Å². The molecule has 3 aromatic rings. The molecule has 0 bridgehead atoms. The molecule has 84 valence electrons. The lowest BCUT2D eigenvalue weighted by Gasteiger charge is -1.97. The summed E-state index contributed by atoms with van der Waals surface area (Å²) in [6.45, 7) is 0. The second-order valence-electron chi connectivity index (χ2n) is 4.60. The van der Waals surface area contributed by atoms with Gasteiger partial charge in [-0.25, -0.2) is 4.98 Å². The van der Waals surface area contributed by atoms with Gasteiger partial charge < -0.3 is 4.98 Å². The van der Waals surface area contributed by atoms with E-state index in [1.54, 1.807) is 6.20 Å². The van der Waals surface area contributed by atoms with Gasteiger partial charge in [0, 0.05) is 28.8 Å². The molecule has 4 rings (SSSR count). The van der Waals surface area contributed by atoms with E-state index in [-0.39, 0.29) is 0 Å². The summed E-state index contributed by atoms with van der Waals surface area (Å²) in [4.78, 5) is 7.67. The third kappa shape index (κ3) is 1.37. The number of hydrogen-bond donors (Lipinski definition) is 2. The van der Waals surface area contributed by atoms with Crippen molar-refractivity contribution in [2.75, 3.05) is 0 Å². The molecule has 4 nitrogen and oxygen atoms in total. The molecule has 1 fully saturated rings. The fourth-order valence-corrected chi connectivity index (χ4v) is 2.30. The molecule has 0 spiro atoms. The molecule has 0 radical (unpaired) electrons. The van der Waals surface area contributed by atoms with Gasteiger partial charge in [0.25, 0.3) is 0 Å². The monoisotopic (exact) mass is 224 g/mol. The highest BCUT2D eigenvalue weighted by molar-refractivity contribution is 5.83. The van der Waals surface area contributed by atoms with Crippen LogP contribution in [0.1, 0.15) is 24.5 Å². The predicted octanol–water partition coefficient (Wildman–Crippen LogP) is 2.83. The van der Waals surface area contributed by atoms with Crippen LogP contribution in [0.3, 0.4) is 0 Å². The van der Waals surface area contributed by atoms with Crippen LogP contribution in [0.5, 0.6) is 0 Å². The van der Waals surface area contributed by atoms with Crippen molar-refractivity contribution in [1.29, 1.82) is 0 Å². The minimum absolute atomic E-state index is 0.673. The van der Waals surface area contributed by atoms with E-state index in [1.807, 2.05) is 12.3 Å². The van der Waals surface area contributed by atoms with Crippen LogP contribution in [-0.4, -0.2) is 20.2 Å². The van der Waals surface area contributed by atoms with E-state index in [9.17, 15) is 0 Å². The summed E-state index contributed by atoms with van der Waals surface area (Å²) >= 11 is 0. The third-order valence-electron chi connectivity index (χ3n) is 3.34. The molecule has 1 aliphatic rings. The Labute approximate surface area is 98.1 Å². The Balaban J connectivity index is 1.89. The average Bonchev–Trinajstić information content (AvgIpc) is 2.94. The SMILES string of the molecule is c1cnc2[nH]c(-c3cn[nH]c3C3CC3)cc2c1. The summed E-state index contributed by atoms with van der Waals surface area (Å²) in [5, 5.41) is 8.43. The van der Waals surface area contributed by atoms with Gasteiger partial charge in [0.1, 0.15) is 5.65 Å². The van der Waals surface area contributed by atoms with Gasteiger partial charge in [-0.15, -0.1) is 0 Å². The normalized spacial score (nSPS) is 15.5. The second kappa shape index (κ2) is 3.20. The molecule has 1 aliphatic carbocycles. The van der Waals surface area contributed by atoms with Crippen LogP contribution in [0.4, 0.5) is 0 Å². The first-order valence-corrected chi connectivity index (χ1v) is 5.89. The molecular formula is C13H12N4. The minimum atomic E-state index is 0.673. The zero-order chi connectivity index (χ0) is 11.2. The molecule has 0 atom stereocenters. The van der Waals surface area contributed by atoms with Crippen LogP contribution in [-0.2, 0) is 0 Å². The molecule has 2 N–H and O–H groups in total. The van der Waals surface area contributed by atoms with Crippen molar-refractivity contribution in [1.82, 2.24) is 20.2 Å². The van der Waals surface area contributed by atoms with Crippen LogP contribution < -0.4 is 0 Å². The summed E-state index contributed by atoms with van der Waals surface area (Å²) in [5.41, 5.74) is 4.49. The zero-order valence-electron chi connectivity index (χ0n) is 9.27. The van der Waals surface area contributed by atoms with Crippen molar-refractivity contribution in [2.24, 2.45) is 0 Å². The molecule has 0 amide bonds. The molecule has 3 heterocycles. The number of hydrogen-bond acceptors (Lipinski definition) is 2. The van der Waals surface area contributed by atoms with Gasteiger partial charge in [-0.05, 0) is 31.0 Å². The van der Waals surface area contributed by atoms with Crippen molar-refractivity contribution >= 4 is 11.0 Å². The third-order valence-corrected chi connectivity index (χ3v) is 3.34. The van der Waals surface area contributed by atoms with Crippen LogP contribution in [0.2, 0.25) is 0 Å². The number of aromatic amines is 2. The number of pyridine rings is 1. The van der Waals surface area contributed by atoms with E-state index in [4.69, 9.17) is 0 Å². The lowest BCUT2D eigenvalue weighted by atomic mass is 10.1. The topological polar surface area (TPSA) is 57.4 Å². The number of nitrogens with one attached hydrogen (secondary N) is 2. The zero-order valence-corrected chi connectivity index (χ0v) is 9.27. The van der Waals surface area contributed by atoms with Gasteiger partial charge in [0.05, 0.1) is 11.9 Å². The maximum absolute atomic E-state index is 4.32. The van der Waals surface area contributed by atoms with Crippen LogP contribution in [0, 0.1) is 0 Å². The molecule has 0 unspecified atom stereocenters. The van der Waals surface area contributed by atoms with Gasteiger partial charge in [-0.2, -0.15) is 5.10 Å². The Morgan fingerprint density at radius 2 is 2.24 bits per heavy atom. The number of fused-ring (bicyclic) bond motifs is 1. The quantitative estimate of drug-likeness (QED) is 0.703. The summed E-state index contributed by atoms with van der Waals surface area (Å²) in [7, 11) is 0. The number of rotatable bonds is 2. The molecule has 3 aromatic heterocycles. The van der Waals surface area contributed by atoms with Crippen LogP contribution >= 0.6 is 0 Å². The minimum Gasteiger partial charge on any atom is -0.339 e. The van der Waals surface area contributed by atoms with Crippen LogP contribution in [0.25, 0.3) is 22.3 Å². The van der Waals surface area contributed by atoms with E-state index >= 15 is 0 Å². The lowest BCUT2D eigenvalue weighted by Crippen LogP contribution is -1.84. The molecule has 4 heteroatoms. The van der Waals surface area contributed by atoms with Crippen LogP contribution in [0.15, 0.2) is 30.6 Å². The van der Waals surface area contributed by atoms with E-state index in [2.05, 4.69) is 32.3 Å². The Kier molecular flexibility index (Phi) is 1.69. The number of nitrogens with zero attached hydrogens (tertiary/aromatic N) is 2. The summed E-state index contributed by atoms with van der Waals surface area (Å²) in [5.74, 6) is 0.673. The first kappa shape index (κ1) is 8.98.